The molecule has 2 aromatic carbocycles. The van der Waals surface area contributed by atoms with Gasteiger partial charge in [-0.05, 0) is 31.5 Å². The second kappa shape index (κ2) is 8.72. The van der Waals surface area contributed by atoms with Crippen LogP contribution in [-0.4, -0.2) is 72.1 Å². The molecule has 1 aliphatic heterocycles. The second-order valence-electron chi connectivity index (χ2n) is 9.45. The number of aromatic hydroxyl groups is 2. The van der Waals surface area contributed by atoms with Crippen LogP contribution in [0.1, 0.15) is 75.8 Å². The summed E-state index contributed by atoms with van der Waals surface area (Å²) in [7, 11) is 0. The van der Waals surface area contributed by atoms with Crippen molar-refractivity contribution in [3.8, 4) is 11.5 Å². The van der Waals surface area contributed by atoms with E-state index < -0.39 is 65.5 Å². The lowest BCUT2D eigenvalue weighted by Crippen LogP contribution is -2.44. The van der Waals surface area contributed by atoms with Crippen molar-refractivity contribution in [2.75, 3.05) is 0 Å². The third-order valence-electron chi connectivity index (χ3n) is 6.57. The van der Waals surface area contributed by atoms with Gasteiger partial charge in [0, 0.05) is 29.5 Å². The van der Waals surface area contributed by atoms with Gasteiger partial charge in [0.15, 0.2) is 11.6 Å². The number of phenols is 2. The Morgan fingerprint density at radius 3 is 2.17 bits per heavy atom. The zero-order valence-corrected chi connectivity index (χ0v) is 19.1. The van der Waals surface area contributed by atoms with Crippen LogP contribution in [0.5, 0.6) is 11.5 Å². The van der Waals surface area contributed by atoms with Crippen LogP contribution in [0.15, 0.2) is 24.3 Å². The first-order chi connectivity index (χ1) is 16.3. The fourth-order valence-electron chi connectivity index (χ4n) is 4.82. The molecule has 4 rings (SSSR count). The maximum atomic E-state index is 13.3. The number of benzene rings is 2. The lowest BCUT2D eigenvalue weighted by atomic mass is 9.79. The largest absolute Gasteiger partial charge is 0.507 e. The third-order valence-corrected chi connectivity index (χ3v) is 6.57. The quantitative estimate of drug-likeness (QED) is 0.307. The number of carbonyl (C=O) groups excluding carboxylic acids is 2. The summed E-state index contributed by atoms with van der Waals surface area (Å²) in [4.78, 5) is 37.6. The van der Waals surface area contributed by atoms with Crippen molar-refractivity contribution in [3.63, 3.8) is 0 Å². The molecule has 1 saturated heterocycles. The Kier molecular flexibility index (Phi) is 6.18. The molecule has 1 heterocycles. The predicted molar refractivity (Wildman–Crippen MR) is 120 cm³/mol. The van der Waals surface area contributed by atoms with Crippen LogP contribution in [0.25, 0.3) is 0 Å². The number of carboxylic acid groups (broad SMARTS) is 1. The van der Waals surface area contributed by atoms with E-state index in [1.54, 1.807) is 6.92 Å². The molecule has 2 aromatic rings. The smallest absolute Gasteiger partial charge is 0.306 e. The summed E-state index contributed by atoms with van der Waals surface area (Å²) >= 11 is 0. The first kappa shape index (κ1) is 24.8. The molecule has 0 spiro atoms. The maximum Gasteiger partial charge on any atom is 0.306 e. The van der Waals surface area contributed by atoms with E-state index in [4.69, 9.17) is 9.84 Å². The molecule has 10 heteroatoms. The van der Waals surface area contributed by atoms with E-state index in [2.05, 4.69) is 0 Å². The Morgan fingerprint density at radius 1 is 1.03 bits per heavy atom. The SMILES string of the molecule is C[C@H]1O[C@@H](c2ccc3c(c2O)C(=O)c2ccc(C[C@@](C)(O)CC(=O)O)c(O)c2C3=O)C[C@H](O)[C@@H]1O. The molecule has 0 aromatic heterocycles. The maximum absolute atomic E-state index is 13.3. The summed E-state index contributed by atoms with van der Waals surface area (Å²) in [6, 6.07) is 5.33. The lowest BCUT2D eigenvalue weighted by molar-refractivity contribution is -0.163. The molecule has 1 fully saturated rings. The van der Waals surface area contributed by atoms with Gasteiger partial charge < -0.3 is 35.4 Å². The number of ether oxygens (including phenoxy) is 1. The standard InChI is InChI=1S/C25H26O10/c1-10-20(29)15(26)7-16(35-10)12-5-6-14-19(22(12)31)24(33)13-4-3-11(21(30)18(13)23(14)32)8-25(2,34)9-17(27)28/h3-6,10,15-16,20,26,29-31,34H,7-9H2,1-2H3,(H,27,28)/t10-,15+,16-,20-,25-/m1/s1. The van der Waals surface area contributed by atoms with Crippen molar-refractivity contribution in [2.45, 2.75) is 63.1 Å². The minimum Gasteiger partial charge on any atom is -0.507 e. The predicted octanol–water partition coefficient (Wildman–Crippen LogP) is 1.21. The molecule has 2 aliphatic rings. The first-order valence-electron chi connectivity index (χ1n) is 11.1. The van der Waals surface area contributed by atoms with Crippen LogP contribution < -0.4 is 0 Å². The zero-order chi connectivity index (χ0) is 25.8. The summed E-state index contributed by atoms with van der Waals surface area (Å²) in [6.45, 7) is 2.85. The Bertz CT molecular complexity index is 1220. The van der Waals surface area contributed by atoms with Crippen molar-refractivity contribution in [3.05, 3.63) is 57.6 Å². The van der Waals surface area contributed by atoms with Gasteiger partial charge in [-0.15, -0.1) is 0 Å². The molecule has 0 radical (unpaired) electrons. The van der Waals surface area contributed by atoms with Crippen molar-refractivity contribution < 1.29 is 49.8 Å². The zero-order valence-electron chi connectivity index (χ0n) is 19.1. The van der Waals surface area contributed by atoms with Gasteiger partial charge in [-0.25, -0.2) is 0 Å². The van der Waals surface area contributed by atoms with E-state index in [0.29, 0.717) is 0 Å². The van der Waals surface area contributed by atoms with Crippen LogP contribution >= 0.6 is 0 Å². The van der Waals surface area contributed by atoms with Crippen LogP contribution in [-0.2, 0) is 16.0 Å². The fourth-order valence-corrected chi connectivity index (χ4v) is 4.82. The lowest BCUT2D eigenvalue weighted by Gasteiger charge is -2.36. The molecule has 35 heavy (non-hydrogen) atoms. The number of aliphatic carboxylic acids is 1. The van der Waals surface area contributed by atoms with Gasteiger partial charge in [-0.1, -0.05) is 12.1 Å². The number of fused-ring (bicyclic) bond motifs is 2. The minimum absolute atomic E-state index is 0.0308. The highest BCUT2D eigenvalue weighted by molar-refractivity contribution is 6.30. The molecule has 0 bridgehead atoms. The fraction of sp³-hybridized carbons (Fsp3) is 0.400. The third kappa shape index (κ3) is 4.30. The van der Waals surface area contributed by atoms with Gasteiger partial charge in [-0.2, -0.15) is 0 Å². The molecule has 0 unspecified atom stereocenters. The van der Waals surface area contributed by atoms with Crippen molar-refractivity contribution in [2.24, 2.45) is 0 Å². The molecule has 0 amide bonds. The van der Waals surface area contributed by atoms with Crippen LogP contribution in [0, 0.1) is 0 Å². The number of aliphatic hydroxyl groups is 3. The Balaban J connectivity index is 1.73. The molecule has 0 saturated carbocycles. The molecule has 1 aliphatic carbocycles. The van der Waals surface area contributed by atoms with E-state index in [0.717, 1.165) is 0 Å². The second-order valence-corrected chi connectivity index (χ2v) is 9.45. The highest BCUT2D eigenvalue weighted by Crippen LogP contribution is 2.43. The normalized spacial score (nSPS) is 25.5. The molecule has 5 atom stereocenters. The minimum atomic E-state index is -1.71. The van der Waals surface area contributed by atoms with Crippen molar-refractivity contribution >= 4 is 17.5 Å². The number of carboxylic acids is 1. The Labute approximate surface area is 200 Å². The van der Waals surface area contributed by atoms with Gasteiger partial charge in [0.05, 0.1) is 41.5 Å². The molecular weight excluding hydrogens is 460 g/mol. The van der Waals surface area contributed by atoms with E-state index in [1.807, 2.05) is 0 Å². The number of ketones is 2. The number of hydrogen-bond donors (Lipinski definition) is 6. The number of rotatable bonds is 5. The van der Waals surface area contributed by atoms with Crippen LogP contribution in [0.2, 0.25) is 0 Å². The van der Waals surface area contributed by atoms with Crippen molar-refractivity contribution in [1.82, 2.24) is 0 Å². The molecular formula is C25H26O10. The van der Waals surface area contributed by atoms with Gasteiger partial charge in [0.2, 0.25) is 0 Å². The van der Waals surface area contributed by atoms with Gasteiger partial charge in [0.1, 0.15) is 17.6 Å². The van der Waals surface area contributed by atoms with Gasteiger partial charge in [-0.3, -0.25) is 14.4 Å². The van der Waals surface area contributed by atoms with E-state index >= 15 is 0 Å². The highest BCUT2D eigenvalue weighted by Gasteiger charge is 2.40. The molecule has 6 N–H and O–H groups in total. The van der Waals surface area contributed by atoms with E-state index in [1.165, 1.54) is 31.2 Å². The number of aliphatic hydroxyl groups excluding tert-OH is 2. The number of hydrogen-bond acceptors (Lipinski definition) is 9. The average Bonchev–Trinajstić information content (AvgIpc) is 2.75. The summed E-state index contributed by atoms with van der Waals surface area (Å²) in [5.41, 5.74) is -2.28. The molecule has 10 nitrogen and oxygen atoms in total. The summed E-state index contributed by atoms with van der Waals surface area (Å²) in [5, 5.41) is 61.1. The van der Waals surface area contributed by atoms with Crippen molar-refractivity contribution in [1.29, 1.82) is 0 Å². The summed E-state index contributed by atoms with van der Waals surface area (Å²) in [5.74, 6) is -3.69. The summed E-state index contributed by atoms with van der Waals surface area (Å²) < 4.78 is 5.70. The van der Waals surface area contributed by atoms with Gasteiger partial charge >= 0.3 is 5.97 Å². The first-order valence-corrected chi connectivity index (χ1v) is 11.1. The Morgan fingerprint density at radius 2 is 1.60 bits per heavy atom. The van der Waals surface area contributed by atoms with E-state index in [-0.39, 0.29) is 46.2 Å². The Hall–Kier alpha value is -3.31. The average molecular weight is 486 g/mol. The summed E-state index contributed by atoms with van der Waals surface area (Å²) in [6.07, 6.45) is -4.67. The van der Waals surface area contributed by atoms with Gasteiger partial charge in [0.25, 0.3) is 0 Å². The number of phenolic OH excluding ortho intramolecular Hbond substituents is 2. The van der Waals surface area contributed by atoms with Crippen LogP contribution in [0.3, 0.4) is 0 Å². The van der Waals surface area contributed by atoms with E-state index in [9.17, 15) is 39.9 Å². The highest BCUT2D eigenvalue weighted by atomic mass is 16.5. The number of carbonyl (C=O) groups is 3. The molecule has 186 valence electrons. The monoisotopic (exact) mass is 486 g/mol. The van der Waals surface area contributed by atoms with Crippen LogP contribution in [0.4, 0.5) is 0 Å². The topological polar surface area (TPSA) is 182 Å².